The molecule has 1 rings (SSSR count). The number of hydrogen-bond acceptors (Lipinski definition) is 2. The van der Waals surface area contributed by atoms with E-state index in [1.54, 1.807) is 31.2 Å². The maximum atomic E-state index is 11.5. The van der Waals surface area contributed by atoms with E-state index in [4.69, 9.17) is 4.74 Å². The van der Waals surface area contributed by atoms with Crippen LogP contribution < -0.4 is 0 Å². The molecule has 0 radical (unpaired) electrons. The molecule has 3 nitrogen and oxygen atoms in total. The van der Waals surface area contributed by atoms with E-state index in [1.807, 2.05) is 13.0 Å². The highest BCUT2D eigenvalue weighted by atomic mass is 16.5. The van der Waals surface area contributed by atoms with E-state index in [2.05, 4.69) is 4.99 Å². The molecule has 1 aromatic rings. The van der Waals surface area contributed by atoms with Gasteiger partial charge in [0.05, 0.1) is 6.61 Å². The molecule has 3 heteroatoms. The molecule has 14 heavy (non-hydrogen) atoms. The Morgan fingerprint density at radius 1 is 1.36 bits per heavy atom. The number of benzene rings is 1. The summed E-state index contributed by atoms with van der Waals surface area (Å²) in [4.78, 5) is 15.3. The predicted molar refractivity (Wildman–Crippen MR) is 55.5 cm³/mol. The van der Waals surface area contributed by atoms with Crippen molar-refractivity contribution >= 4 is 11.8 Å². The lowest BCUT2D eigenvalue weighted by Crippen LogP contribution is -2.04. The van der Waals surface area contributed by atoms with Gasteiger partial charge in [-0.2, -0.15) is 4.99 Å². The third-order valence-electron chi connectivity index (χ3n) is 1.63. The monoisotopic (exact) mass is 191 g/mol. The normalized spacial score (nSPS) is 11.1. The second-order valence-corrected chi connectivity index (χ2v) is 2.74. The van der Waals surface area contributed by atoms with Crippen LogP contribution in [0.2, 0.25) is 0 Å². The molecule has 0 aliphatic carbocycles. The summed E-state index contributed by atoms with van der Waals surface area (Å²) in [6.07, 6.45) is 0. The second-order valence-electron chi connectivity index (χ2n) is 2.74. The molecule has 0 atom stereocenters. The fraction of sp³-hybridized carbons (Fsp3) is 0.273. The molecular formula is C11H13NO2. The van der Waals surface area contributed by atoms with Gasteiger partial charge in [0.2, 0.25) is 0 Å². The maximum Gasteiger partial charge on any atom is 0.279 e. The van der Waals surface area contributed by atoms with E-state index in [0.717, 1.165) is 0 Å². The lowest BCUT2D eigenvalue weighted by atomic mass is 10.2. The first-order chi connectivity index (χ1) is 6.74. The summed E-state index contributed by atoms with van der Waals surface area (Å²) in [6.45, 7) is 4.05. The average molecular weight is 191 g/mol. The van der Waals surface area contributed by atoms with Crippen molar-refractivity contribution in [1.29, 1.82) is 0 Å². The largest absolute Gasteiger partial charge is 0.481 e. The summed E-state index contributed by atoms with van der Waals surface area (Å²) < 4.78 is 5.06. The zero-order chi connectivity index (χ0) is 10.4. The van der Waals surface area contributed by atoms with Crippen molar-refractivity contribution in [3.63, 3.8) is 0 Å². The van der Waals surface area contributed by atoms with Gasteiger partial charge in [0.1, 0.15) is 0 Å². The van der Waals surface area contributed by atoms with Crippen molar-refractivity contribution in [1.82, 2.24) is 0 Å². The van der Waals surface area contributed by atoms with Gasteiger partial charge in [-0.15, -0.1) is 0 Å². The van der Waals surface area contributed by atoms with Crippen LogP contribution in [-0.4, -0.2) is 18.4 Å². The Balaban J connectivity index is 2.72. The van der Waals surface area contributed by atoms with E-state index in [-0.39, 0.29) is 5.91 Å². The number of ether oxygens (including phenoxy) is 1. The van der Waals surface area contributed by atoms with Gasteiger partial charge in [0.25, 0.3) is 5.91 Å². The van der Waals surface area contributed by atoms with Crippen molar-refractivity contribution in [2.24, 2.45) is 4.99 Å². The number of carbonyl (C=O) groups excluding carboxylic acids is 1. The van der Waals surface area contributed by atoms with Gasteiger partial charge in [-0.25, -0.2) is 0 Å². The van der Waals surface area contributed by atoms with Gasteiger partial charge in [0, 0.05) is 12.5 Å². The Bertz CT molecular complexity index is 330. The molecular weight excluding hydrogens is 178 g/mol. The van der Waals surface area contributed by atoms with E-state index in [9.17, 15) is 4.79 Å². The summed E-state index contributed by atoms with van der Waals surface area (Å²) in [5.41, 5.74) is 0.576. The predicted octanol–water partition coefficient (Wildman–Crippen LogP) is 2.28. The fourth-order valence-corrected chi connectivity index (χ4v) is 1.03. The molecule has 0 saturated heterocycles. The minimum Gasteiger partial charge on any atom is -0.481 e. The summed E-state index contributed by atoms with van der Waals surface area (Å²) in [5, 5.41) is 0. The van der Waals surface area contributed by atoms with Crippen LogP contribution >= 0.6 is 0 Å². The summed E-state index contributed by atoms with van der Waals surface area (Å²) >= 11 is 0. The molecule has 0 aliphatic heterocycles. The van der Waals surface area contributed by atoms with Crippen LogP contribution in [0.4, 0.5) is 0 Å². The van der Waals surface area contributed by atoms with Gasteiger partial charge in [-0.3, -0.25) is 4.79 Å². The molecule has 0 saturated carbocycles. The van der Waals surface area contributed by atoms with Crippen LogP contribution in [0.25, 0.3) is 0 Å². The minimum atomic E-state index is -0.267. The standard InChI is InChI=1S/C11H13NO2/c1-3-14-9(2)12-11(13)10-7-5-4-6-8-10/h4-8H,3H2,1-2H3/b12-9-. The molecule has 0 fully saturated rings. The third-order valence-corrected chi connectivity index (χ3v) is 1.63. The topological polar surface area (TPSA) is 38.7 Å². The van der Waals surface area contributed by atoms with Crippen LogP contribution in [0.5, 0.6) is 0 Å². The van der Waals surface area contributed by atoms with Crippen LogP contribution in [0.3, 0.4) is 0 Å². The Morgan fingerprint density at radius 3 is 2.57 bits per heavy atom. The lowest BCUT2D eigenvalue weighted by molar-refractivity contribution is 0.0999. The van der Waals surface area contributed by atoms with Gasteiger partial charge >= 0.3 is 0 Å². The van der Waals surface area contributed by atoms with E-state index >= 15 is 0 Å². The SMILES string of the molecule is CCO/C(C)=N\C(=O)c1ccccc1. The third kappa shape index (κ3) is 3.01. The highest BCUT2D eigenvalue weighted by Gasteiger charge is 2.02. The molecule has 0 bridgehead atoms. The van der Waals surface area contributed by atoms with Crippen molar-refractivity contribution in [3.05, 3.63) is 35.9 Å². The smallest absolute Gasteiger partial charge is 0.279 e. The lowest BCUT2D eigenvalue weighted by Gasteiger charge is -2.00. The molecule has 74 valence electrons. The van der Waals surface area contributed by atoms with Crippen molar-refractivity contribution in [3.8, 4) is 0 Å². The van der Waals surface area contributed by atoms with Crippen LogP contribution in [0.1, 0.15) is 24.2 Å². The Labute approximate surface area is 83.4 Å². The molecule has 0 unspecified atom stereocenters. The molecule has 0 aromatic heterocycles. The molecule has 1 amide bonds. The molecule has 0 aliphatic rings. The fourth-order valence-electron chi connectivity index (χ4n) is 1.03. The molecule has 0 N–H and O–H groups in total. The molecule has 1 aromatic carbocycles. The number of nitrogens with zero attached hydrogens (tertiary/aromatic N) is 1. The van der Waals surface area contributed by atoms with Gasteiger partial charge < -0.3 is 4.74 Å². The van der Waals surface area contributed by atoms with Crippen molar-refractivity contribution < 1.29 is 9.53 Å². The van der Waals surface area contributed by atoms with Crippen molar-refractivity contribution in [2.75, 3.05) is 6.61 Å². The zero-order valence-electron chi connectivity index (χ0n) is 8.36. The summed E-state index contributed by atoms with van der Waals surface area (Å²) in [5.74, 6) is 0.137. The Hall–Kier alpha value is -1.64. The first-order valence-corrected chi connectivity index (χ1v) is 4.51. The van der Waals surface area contributed by atoms with Gasteiger partial charge in [-0.05, 0) is 19.1 Å². The summed E-state index contributed by atoms with van der Waals surface area (Å²) in [7, 11) is 0. The first-order valence-electron chi connectivity index (χ1n) is 4.51. The van der Waals surface area contributed by atoms with Crippen molar-refractivity contribution in [2.45, 2.75) is 13.8 Å². The Kier molecular flexibility index (Phi) is 3.85. The van der Waals surface area contributed by atoms with E-state index < -0.39 is 0 Å². The summed E-state index contributed by atoms with van der Waals surface area (Å²) in [6, 6.07) is 8.92. The minimum absolute atomic E-state index is 0.267. The number of hydrogen-bond donors (Lipinski definition) is 0. The number of rotatable bonds is 2. The van der Waals surface area contributed by atoms with Crippen LogP contribution in [0, 0.1) is 0 Å². The average Bonchev–Trinajstić information content (AvgIpc) is 2.19. The van der Waals surface area contributed by atoms with Crippen LogP contribution in [-0.2, 0) is 4.74 Å². The Morgan fingerprint density at radius 2 is 2.00 bits per heavy atom. The van der Waals surface area contributed by atoms with E-state index in [1.165, 1.54) is 0 Å². The zero-order valence-corrected chi connectivity index (χ0v) is 8.36. The number of amides is 1. The molecule has 0 heterocycles. The van der Waals surface area contributed by atoms with Crippen LogP contribution in [0.15, 0.2) is 35.3 Å². The quantitative estimate of drug-likeness (QED) is 0.531. The second kappa shape index (κ2) is 5.17. The highest BCUT2D eigenvalue weighted by molar-refractivity contribution is 6.01. The number of carbonyl (C=O) groups is 1. The van der Waals surface area contributed by atoms with Gasteiger partial charge in [0.15, 0.2) is 5.90 Å². The maximum absolute atomic E-state index is 11.5. The van der Waals surface area contributed by atoms with E-state index in [0.29, 0.717) is 18.1 Å². The first kappa shape index (κ1) is 10.4. The van der Waals surface area contributed by atoms with Gasteiger partial charge in [-0.1, -0.05) is 18.2 Å². The molecule has 0 spiro atoms. The number of aliphatic imine (C=N–C) groups is 1. The highest BCUT2D eigenvalue weighted by Crippen LogP contribution is 2.01.